The second kappa shape index (κ2) is 16.2. The van der Waals surface area contributed by atoms with E-state index in [-0.39, 0.29) is 42.1 Å². The molecule has 4 amide bonds. The molecule has 0 radical (unpaired) electrons. The van der Waals surface area contributed by atoms with Crippen LogP contribution in [0, 0.1) is 11.8 Å². The molecule has 0 aliphatic heterocycles. The molecule has 3 atom stereocenters. The van der Waals surface area contributed by atoms with E-state index in [0.29, 0.717) is 25.0 Å². The van der Waals surface area contributed by atoms with Crippen molar-refractivity contribution in [3.05, 3.63) is 0 Å². The minimum absolute atomic E-state index is 0.0505. The number of carbonyl (C=O) groups excluding carboxylic acids is 4. The molecule has 0 aromatic carbocycles. The molecule has 202 valence electrons. The predicted octanol–water partition coefficient (Wildman–Crippen LogP) is 0.338. The number of likely N-dealkylation sites (N-methyl/N-ethyl adjacent to an activating group) is 3. The Morgan fingerprint density at radius 2 is 1.60 bits per heavy atom. The average molecular weight is 516 g/mol. The van der Waals surface area contributed by atoms with E-state index in [2.05, 4.69) is 15.6 Å². The van der Waals surface area contributed by atoms with E-state index in [1.807, 2.05) is 34.6 Å². The van der Waals surface area contributed by atoms with Crippen LogP contribution >= 0.6 is 11.8 Å². The minimum atomic E-state index is -0.851. The van der Waals surface area contributed by atoms with Crippen LogP contribution in [-0.4, -0.2) is 90.3 Å². The van der Waals surface area contributed by atoms with Gasteiger partial charge in [0.05, 0.1) is 6.54 Å². The van der Waals surface area contributed by atoms with Crippen molar-refractivity contribution in [1.82, 2.24) is 20.4 Å². The van der Waals surface area contributed by atoms with Crippen molar-refractivity contribution in [1.29, 1.82) is 0 Å². The van der Waals surface area contributed by atoms with Gasteiger partial charge in [0, 0.05) is 33.3 Å². The normalized spacial score (nSPS) is 13.5. The van der Waals surface area contributed by atoms with Crippen molar-refractivity contribution in [2.45, 2.75) is 71.3 Å². The van der Waals surface area contributed by atoms with Crippen molar-refractivity contribution < 1.29 is 19.2 Å². The molecule has 0 fully saturated rings. The van der Waals surface area contributed by atoms with Gasteiger partial charge in [-0.1, -0.05) is 34.6 Å². The second-order valence-electron chi connectivity index (χ2n) is 9.22. The number of nitrogens with two attached hydrogens (primary N) is 2. The highest BCUT2D eigenvalue weighted by Gasteiger charge is 2.36. The predicted molar refractivity (Wildman–Crippen MR) is 141 cm³/mol. The standard InChI is InChI=1S/C23H45N7O4S/c1-9-10-17(31)30(8)22(35-12-11-27-23(24)25)21(34)29(7)16(13-14(2)3)19(32)28-18(15(4)5)20(33)26-6/h14-16,18,22H,9-13H2,1-8H3,(H,26,33)(H,28,32)(H4,24,25,27)/t16-,18-,22?/m0/s1. The van der Waals surface area contributed by atoms with E-state index in [0.717, 1.165) is 0 Å². The highest BCUT2D eigenvalue weighted by Crippen LogP contribution is 2.21. The van der Waals surface area contributed by atoms with E-state index >= 15 is 0 Å². The van der Waals surface area contributed by atoms with E-state index in [4.69, 9.17) is 11.5 Å². The fourth-order valence-electron chi connectivity index (χ4n) is 3.36. The quantitative estimate of drug-likeness (QED) is 0.106. The van der Waals surface area contributed by atoms with Crippen molar-refractivity contribution in [2.75, 3.05) is 33.4 Å². The Bertz CT molecular complexity index is 741. The van der Waals surface area contributed by atoms with Crippen molar-refractivity contribution in [3.8, 4) is 0 Å². The summed E-state index contributed by atoms with van der Waals surface area (Å²) in [6.07, 6.45) is 1.34. The summed E-state index contributed by atoms with van der Waals surface area (Å²) >= 11 is 1.24. The third-order valence-electron chi connectivity index (χ3n) is 5.39. The number of aliphatic imine (C=N–C) groups is 1. The number of rotatable bonds is 15. The molecule has 0 saturated carbocycles. The summed E-state index contributed by atoms with van der Waals surface area (Å²) in [5.41, 5.74) is 10.8. The van der Waals surface area contributed by atoms with Gasteiger partial charge in [-0.25, -0.2) is 0 Å². The molecule has 0 saturated heterocycles. The van der Waals surface area contributed by atoms with Gasteiger partial charge >= 0.3 is 0 Å². The lowest BCUT2D eigenvalue weighted by molar-refractivity contribution is -0.145. The first kappa shape index (κ1) is 32.5. The van der Waals surface area contributed by atoms with E-state index in [9.17, 15) is 19.2 Å². The van der Waals surface area contributed by atoms with Crippen LogP contribution in [0.2, 0.25) is 0 Å². The smallest absolute Gasteiger partial charge is 0.256 e. The van der Waals surface area contributed by atoms with E-state index in [1.54, 1.807) is 14.1 Å². The first-order chi connectivity index (χ1) is 16.3. The molecule has 0 rings (SSSR count). The molecule has 0 bridgehead atoms. The summed E-state index contributed by atoms with van der Waals surface area (Å²) in [6.45, 7) is 9.76. The summed E-state index contributed by atoms with van der Waals surface area (Å²) in [4.78, 5) is 58.6. The Kier molecular flexibility index (Phi) is 15.1. The highest BCUT2D eigenvalue weighted by atomic mass is 32.2. The topological polar surface area (TPSA) is 163 Å². The van der Waals surface area contributed by atoms with Gasteiger partial charge < -0.3 is 31.9 Å². The molecular formula is C23H45N7O4S. The summed E-state index contributed by atoms with van der Waals surface area (Å²) in [7, 11) is 4.65. The highest BCUT2D eigenvalue weighted by molar-refractivity contribution is 8.00. The molecular weight excluding hydrogens is 470 g/mol. The Morgan fingerprint density at radius 3 is 2.06 bits per heavy atom. The van der Waals surface area contributed by atoms with Gasteiger partial charge in [-0.3, -0.25) is 24.2 Å². The van der Waals surface area contributed by atoms with Crippen LogP contribution in [0.25, 0.3) is 0 Å². The van der Waals surface area contributed by atoms with E-state index < -0.39 is 23.4 Å². The van der Waals surface area contributed by atoms with Crippen molar-refractivity contribution in [3.63, 3.8) is 0 Å². The van der Waals surface area contributed by atoms with Gasteiger partial charge in [0.15, 0.2) is 11.3 Å². The molecule has 0 heterocycles. The molecule has 11 nitrogen and oxygen atoms in total. The third kappa shape index (κ3) is 11.2. The average Bonchev–Trinajstić information content (AvgIpc) is 2.78. The first-order valence-corrected chi connectivity index (χ1v) is 13.0. The van der Waals surface area contributed by atoms with Crippen LogP contribution in [0.5, 0.6) is 0 Å². The Hall–Kier alpha value is -2.50. The van der Waals surface area contributed by atoms with Crippen molar-refractivity contribution >= 4 is 41.4 Å². The van der Waals surface area contributed by atoms with Gasteiger partial charge in [0.1, 0.15) is 12.1 Å². The fourth-order valence-corrected chi connectivity index (χ4v) is 4.43. The number of hydrogen-bond acceptors (Lipinski definition) is 6. The summed E-state index contributed by atoms with van der Waals surface area (Å²) in [5.74, 6) is -0.953. The van der Waals surface area contributed by atoms with Crippen LogP contribution < -0.4 is 22.1 Å². The molecule has 1 unspecified atom stereocenters. The molecule has 6 N–H and O–H groups in total. The monoisotopic (exact) mass is 515 g/mol. The maximum absolute atomic E-state index is 13.6. The number of thioether (sulfide) groups is 1. The zero-order chi connectivity index (χ0) is 27.3. The molecule has 0 spiro atoms. The van der Waals surface area contributed by atoms with Crippen LogP contribution in [0.1, 0.15) is 53.9 Å². The molecule has 0 aromatic heterocycles. The summed E-state index contributed by atoms with van der Waals surface area (Å²) in [5, 5.41) is 4.52. The fraction of sp³-hybridized carbons (Fsp3) is 0.783. The minimum Gasteiger partial charge on any atom is -0.370 e. The summed E-state index contributed by atoms with van der Waals surface area (Å²) < 4.78 is 0. The molecule has 0 aliphatic rings. The van der Waals surface area contributed by atoms with Gasteiger partial charge in [0.25, 0.3) is 5.91 Å². The Morgan fingerprint density at radius 1 is 1.00 bits per heavy atom. The lowest BCUT2D eigenvalue weighted by Gasteiger charge is -2.35. The largest absolute Gasteiger partial charge is 0.370 e. The zero-order valence-electron chi connectivity index (χ0n) is 22.5. The number of hydrogen-bond donors (Lipinski definition) is 4. The van der Waals surface area contributed by atoms with Gasteiger partial charge in [-0.15, -0.1) is 11.8 Å². The zero-order valence-corrected chi connectivity index (χ0v) is 23.3. The molecule has 0 aromatic rings. The summed E-state index contributed by atoms with van der Waals surface area (Å²) in [6, 6.07) is -1.55. The molecule has 35 heavy (non-hydrogen) atoms. The van der Waals surface area contributed by atoms with Crippen LogP contribution in [0.15, 0.2) is 4.99 Å². The lowest BCUT2D eigenvalue weighted by Crippen LogP contribution is -2.57. The number of nitrogens with one attached hydrogen (secondary N) is 2. The molecule has 0 aliphatic carbocycles. The number of amides is 4. The van der Waals surface area contributed by atoms with Gasteiger partial charge in [-0.05, 0) is 24.7 Å². The number of nitrogens with zero attached hydrogens (tertiary/aromatic N) is 3. The Labute approximate surface area is 214 Å². The maximum Gasteiger partial charge on any atom is 0.256 e. The van der Waals surface area contributed by atoms with E-state index in [1.165, 1.54) is 28.6 Å². The Balaban J connectivity index is 5.92. The number of guanidine groups is 1. The number of carbonyl (C=O) groups is 4. The second-order valence-corrected chi connectivity index (χ2v) is 10.4. The third-order valence-corrected chi connectivity index (χ3v) is 6.64. The van der Waals surface area contributed by atoms with Crippen molar-refractivity contribution in [2.24, 2.45) is 28.3 Å². The lowest BCUT2D eigenvalue weighted by atomic mass is 9.99. The maximum atomic E-state index is 13.6. The van der Waals surface area contributed by atoms with Gasteiger partial charge in [-0.2, -0.15) is 0 Å². The van der Waals surface area contributed by atoms with Crippen LogP contribution in [0.3, 0.4) is 0 Å². The van der Waals surface area contributed by atoms with Crippen LogP contribution in [0.4, 0.5) is 0 Å². The van der Waals surface area contributed by atoms with Gasteiger partial charge in [0.2, 0.25) is 17.7 Å². The molecule has 12 heteroatoms. The van der Waals surface area contributed by atoms with Crippen LogP contribution in [-0.2, 0) is 19.2 Å². The first-order valence-electron chi connectivity index (χ1n) is 12.0. The SMILES string of the molecule is CCCC(=O)N(C)C(SCCN=C(N)N)C(=O)N(C)[C@@H](CC(C)C)C(=O)N[C@H](C(=O)NC)C(C)C.